The minimum absolute atomic E-state index is 0.238. The summed E-state index contributed by atoms with van der Waals surface area (Å²) < 4.78 is 7.76. The number of anilines is 1. The Morgan fingerprint density at radius 3 is 2.90 bits per heavy atom. The minimum atomic E-state index is 0.238. The van der Waals surface area contributed by atoms with E-state index in [9.17, 15) is 0 Å². The number of methoxy groups -OCH3 is 1. The number of pyridine rings is 2. The van der Waals surface area contributed by atoms with Gasteiger partial charge in [0.05, 0.1) is 24.7 Å². The maximum Gasteiger partial charge on any atom is 0.140 e. The first-order chi connectivity index (χ1) is 14.0. The molecule has 1 unspecified atom stereocenters. The standard InChI is InChI=1S/C23H29N5O/c1-23(2)9-10-24-13-20(23)27-21-6-4-5-17(26-21)18-12-25-22-11-19(29-3)16(14-28(18)22)15-7-8-15/h4-6,11-12,14-15,20,24H,7-10,13H2,1-3H3,(H,26,27). The Morgan fingerprint density at radius 2 is 2.14 bits per heavy atom. The molecular formula is C23H29N5O. The zero-order valence-electron chi connectivity index (χ0n) is 17.4. The second-order valence-corrected chi connectivity index (χ2v) is 8.99. The van der Waals surface area contributed by atoms with Gasteiger partial charge < -0.3 is 15.4 Å². The highest BCUT2D eigenvalue weighted by molar-refractivity contribution is 5.64. The van der Waals surface area contributed by atoms with Crippen LogP contribution in [0.2, 0.25) is 0 Å². The third-order valence-electron chi connectivity index (χ3n) is 6.45. The van der Waals surface area contributed by atoms with Crippen LogP contribution in [0.25, 0.3) is 17.0 Å². The lowest BCUT2D eigenvalue weighted by Crippen LogP contribution is -2.50. The lowest BCUT2D eigenvalue weighted by Gasteiger charge is -2.39. The highest BCUT2D eigenvalue weighted by Gasteiger charge is 2.32. The van der Waals surface area contributed by atoms with Crippen LogP contribution < -0.4 is 15.4 Å². The Bertz CT molecular complexity index is 1040. The summed E-state index contributed by atoms with van der Waals surface area (Å²) in [6.45, 7) is 6.69. The van der Waals surface area contributed by atoms with Crippen LogP contribution in [0.1, 0.15) is 44.6 Å². The van der Waals surface area contributed by atoms with Gasteiger partial charge in [0.2, 0.25) is 0 Å². The SMILES string of the molecule is COc1cc2ncc(-c3cccc(NC4CNCCC4(C)C)n3)n2cc1C1CC1. The summed E-state index contributed by atoms with van der Waals surface area (Å²) >= 11 is 0. The predicted molar refractivity (Wildman–Crippen MR) is 116 cm³/mol. The van der Waals surface area contributed by atoms with E-state index in [1.807, 2.05) is 12.3 Å². The summed E-state index contributed by atoms with van der Waals surface area (Å²) in [4.78, 5) is 9.53. The fourth-order valence-corrected chi connectivity index (χ4v) is 4.28. The lowest BCUT2D eigenvalue weighted by molar-refractivity contribution is 0.231. The molecule has 0 radical (unpaired) electrons. The molecule has 4 heterocycles. The summed E-state index contributed by atoms with van der Waals surface area (Å²) in [6, 6.07) is 8.57. The largest absolute Gasteiger partial charge is 0.496 e. The van der Waals surface area contributed by atoms with Crippen molar-refractivity contribution in [1.82, 2.24) is 19.7 Å². The third-order valence-corrected chi connectivity index (χ3v) is 6.45. The molecule has 0 spiro atoms. The summed E-state index contributed by atoms with van der Waals surface area (Å²) in [5.41, 5.74) is 4.33. The molecule has 3 aromatic rings. The number of hydrogen-bond acceptors (Lipinski definition) is 5. The highest BCUT2D eigenvalue weighted by atomic mass is 16.5. The van der Waals surface area contributed by atoms with Gasteiger partial charge in [0.1, 0.15) is 17.2 Å². The minimum Gasteiger partial charge on any atom is -0.496 e. The van der Waals surface area contributed by atoms with Crippen LogP contribution in [-0.4, -0.2) is 40.6 Å². The van der Waals surface area contributed by atoms with E-state index in [1.54, 1.807) is 7.11 Å². The van der Waals surface area contributed by atoms with E-state index in [0.29, 0.717) is 12.0 Å². The van der Waals surface area contributed by atoms with E-state index in [-0.39, 0.29) is 5.41 Å². The normalized spacial score (nSPS) is 21.3. The van der Waals surface area contributed by atoms with Crippen LogP contribution in [0.15, 0.2) is 36.7 Å². The Balaban J connectivity index is 1.49. The highest BCUT2D eigenvalue weighted by Crippen LogP contribution is 2.44. The summed E-state index contributed by atoms with van der Waals surface area (Å²) in [5, 5.41) is 7.15. The second-order valence-electron chi connectivity index (χ2n) is 8.99. The van der Waals surface area contributed by atoms with Gasteiger partial charge in [-0.15, -0.1) is 0 Å². The van der Waals surface area contributed by atoms with Crippen molar-refractivity contribution in [3.8, 4) is 17.1 Å². The summed E-state index contributed by atoms with van der Waals surface area (Å²) in [6.07, 6.45) is 7.71. The van der Waals surface area contributed by atoms with E-state index in [0.717, 1.165) is 48.1 Å². The average Bonchev–Trinajstić information content (AvgIpc) is 3.48. The molecule has 1 saturated carbocycles. The van der Waals surface area contributed by atoms with Gasteiger partial charge in [0.25, 0.3) is 0 Å². The molecule has 2 aliphatic rings. The molecule has 0 amide bonds. The van der Waals surface area contributed by atoms with Crippen LogP contribution in [0, 0.1) is 5.41 Å². The van der Waals surface area contributed by atoms with Gasteiger partial charge in [-0.05, 0) is 49.3 Å². The Labute approximate surface area is 171 Å². The fraction of sp³-hybridized carbons (Fsp3) is 0.478. The molecule has 1 aliphatic carbocycles. The monoisotopic (exact) mass is 391 g/mol. The fourth-order valence-electron chi connectivity index (χ4n) is 4.28. The van der Waals surface area contributed by atoms with Crippen LogP contribution in [0.4, 0.5) is 5.82 Å². The maximum absolute atomic E-state index is 5.61. The molecule has 6 nitrogen and oxygen atoms in total. The van der Waals surface area contributed by atoms with Gasteiger partial charge in [-0.3, -0.25) is 4.40 Å². The Morgan fingerprint density at radius 1 is 1.28 bits per heavy atom. The van der Waals surface area contributed by atoms with Crippen LogP contribution >= 0.6 is 0 Å². The molecule has 1 atom stereocenters. The van der Waals surface area contributed by atoms with Crippen molar-refractivity contribution in [3.05, 3.63) is 42.2 Å². The Hall–Kier alpha value is -2.60. The quantitative estimate of drug-likeness (QED) is 0.686. The van der Waals surface area contributed by atoms with Crippen molar-refractivity contribution in [2.75, 3.05) is 25.5 Å². The van der Waals surface area contributed by atoms with Crippen molar-refractivity contribution in [2.45, 2.75) is 45.1 Å². The molecule has 2 N–H and O–H groups in total. The molecule has 1 aliphatic heterocycles. The third kappa shape index (κ3) is 3.46. The zero-order valence-corrected chi connectivity index (χ0v) is 17.4. The number of nitrogens with zero attached hydrogens (tertiary/aromatic N) is 3. The van der Waals surface area contributed by atoms with E-state index in [2.05, 4.69) is 58.3 Å². The Kier molecular flexibility index (Phi) is 4.46. The molecule has 1 saturated heterocycles. The molecule has 6 heteroatoms. The number of fused-ring (bicyclic) bond motifs is 1. The van der Waals surface area contributed by atoms with Gasteiger partial charge >= 0.3 is 0 Å². The number of piperidine rings is 1. The van der Waals surface area contributed by atoms with E-state index in [4.69, 9.17) is 9.72 Å². The van der Waals surface area contributed by atoms with Crippen LogP contribution in [0.3, 0.4) is 0 Å². The zero-order chi connectivity index (χ0) is 20.0. The number of hydrogen-bond donors (Lipinski definition) is 2. The first kappa shape index (κ1) is 18.4. The number of aromatic nitrogens is 3. The first-order valence-corrected chi connectivity index (χ1v) is 10.5. The lowest BCUT2D eigenvalue weighted by atomic mass is 9.79. The molecule has 5 rings (SSSR count). The van der Waals surface area contributed by atoms with E-state index < -0.39 is 0 Å². The summed E-state index contributed by atoms with van der Waals surface area (Å²) in [7, 11) is 1.74. The van der Waals surface area contributed by atoms with Gasteiger partial charge in [0, 0.05) is 30.4 Å². The van der Waals surface area contributed by atoms with Crippen molar-refractivity contribution < 1.29 is 4.74 Å². The molecule has 0 bridgehead atoms. The topological polar surface area (TPSA) is 63.5 Å². The molecule has 2 fully saturated rings. The molecule has 0 aromatic carbocycles. The van der Waals surface area contributed by atoms with E-state index >= 15 is 0 Å². The molecule has 29 heavy (non-hydrogen) atoms. The second kappa shape index (κ2) is 7.02. The molecular weight excluding hydrogens is 362 g/mol. The number of ether oxygens (including phenoxy) is 1. The van der Waals surface area contributed by atoms with Crippen LogP contribution in [-0.2, 0) is 0 Å². The van der Waals surface area contributed by atoms with Crippen molar-refractivity contribution in [1.29, 1.82) is 0 Å². The van der Waals surface area contributed by atoms with Gasteiger partial charge in [-0.1, -0.05) is 19.9 Å². The molecule has 152 valence electrons. The number of imidazole rings is 1. The smallest absolute Gasteiger partial charge is 0.140 e. The number of nitrogens with one attached hydrogen (secondary N) is 2. The van der Waals surface area contributed by atoms with Gasteiger partial charge in [-0.25, -0.2) is 9.97 Å². The molecule has 3 aromatic heterocycles. The van der Waals surface area contributed by atoms with Crippen molar-refractivity contribution >= 4 is 11.5 Å². The average molecular weight is 392 g/mol. The maximum atomic E-state index is 5.61. The van der Waals surface area contributed by atoms with E-state index in [1.165, 1.54) is 18.4 Å². The van der Waals surface area contributed by atoms with Gasteiger partial charge in [0.15, 0.2) is 0 Å². The van der Waals surface area contributed by atoms with Crippen molar-refractivity contribution in [3.63, 3.8) is 0 Å². The van der Waals surface area contributed by atoms with Crippen LogP contribution in [0.5, 0.6) is 5.75 Å². The van der Waals surface area contributed by atoms with Crippen molar-refractivity contribution in [2.24, 2.45) is 5.41 Å². The first-order valence-electron chi connectivity index (χ1n) is 10.5. The number of rotatable bonds is 5. The van der Waals surface area contributed by atoms with Gasteiger partial charge in [-0.2, -0.15) is 0 Å². The predicted octanol–water partition coefficient (Wildman–Crippen LogP) is 4.08. The summed E-state index contributed by atoms with van der Waals surface area (Å²) in [5.74, 6) is 2.45.